The number of hydrogen-bond acceptors (Lipinski definition) is 5. The summed E-state index contributed by atoms with van der Waals surface area (Å²) in [6.45, 7) is 0.531. The number of carbonyl (C=O) groups excluding carboxylic acids is 2. The number of rotatable bonds is 6. The number of hydrogen-bond donors (Lipinski definition) is 1. The molecule has 7 nitrogen and oxygen atoms in total. The molecule has 0 bridgehead atoms. The first kappa shape index (κ1) is 21.5. The Morgan fingerprint density at radius 2 is 1.76 bits per heavy atom. The molecule has 1 aliphatic rings. The smallest absolute Gasteiger partial charge is 0.338 e. The first-order valence-corrected chi connectivity index (χ1v) is 11.4. The molecule has 2 aromatic carbocycles. The quantitative estimate of drug-likeness (QED) is 0.639. The minimum absolute atomic E-state index is 0.128. The minimum Gasteiger partial charge on any atom is -0.452 e. The van der Waals surface area contributed by atoms with Crippen LogP contribution in [0.4, 0.5) is 5.69 Å². The van der Waals surface area contributed by atoms with Crippen LogP contribution in [0.1, 0.15) is 29.6 Å². The van der Waals surface area contributed by atoms with Gasteiger partial charge in [-0.15, -0.1) is 0 Å². The Morgan fingerprint density at radius 1 is 1.03 bits per heavy atom. The molecular formula is C20H21BrN2O5S. The van der Waals surface area contributed by atoms with E-state index >= 15 is 0 Å². The van der Waals surface area contributed by atoms with Gasteiger partial charge in [0.1, 0.15) is 0 Å². The highest BCUT2D eigenvalue weighted by Crippen LogP contribution is 2.23. The molecule has 0 aliphatic carbocycles. The number of anilines is 1. The number of piperidine rings is 1. The second kappa shape index (κ2) is 9.51. The van der Waals surface area contributed by atoms with Gasteiger partial charge in [-0.2, -0.15) is 4.31 Å². The van der Waals surface area contributed by atoms with E-state index in [2.05, 4.69) is 21.2 Å². The van der Waals surface area contributed by atoms with Crippen LogP contribution in [-0.2, 0) is 19.6 Å². The van der Waals surface area contributed by atoms with E-state index in [9.17, 15) is 18.0 Å². The Labute approximate surface area is 178 Å². The lowest BCUT2D eigenvalue weighted by molar-refractivity contribution is -0.119. The first-order valence-electron chi connectivity index (χ1n) is 9.19. The first-order chi connectivity index (χ1) is 13.9. The number of benzene rings is 2. The number of nitrogens with zero attached hydrogens (tertiary/aromatic N) is 1. The SMILES string of the molecule is O=C(COC(=O)c1cccc(Br)c1)Nc1cccc(S(=O)(=O)N2CCCCC2)c1. The van der Waals surface area contributed by atoms with E-state index in [0.29, 0.717) is 24.3 Å². The molecule has 1 N–H and O–H groups in total. The number of halogens is 1. The van der Waals surface area contributed by atoms with Gasteiger partial charge in [0.25, 0.3) is 5.91 Å². The number of nitrogens with one attached hydrogen (secondary N) is 1. The second-order valence-electron chi connectivity index (χ2n) is 6.63. The fourth-order valence-electron chi connectivity index (χ4n) is 3.02. The lowest BCUT2D eigenvalue weighted by Crippen LogP contribution is -2.35. The van der Waals surface area contributed by atoms with Crippen LogP contribution in [0.2, 0.25) is 0 Å². The van der Waals surface area contributed by atoms with Crippen molar-refractivity contribution in [1.29, 1.82) is 0 Å². The molecule has 9 heteroatoms. The number of ether oxygens (including phenoxy) is 1. The molecular weight excluding hydrogens is 460 g/mol. The Morgan fingerprint density at radius 3 is 2.48 bits per heavy atom. The molecule has 1 saturated heterocycles. The van der Waals surface area contributed by atoms with E-state index < -0.39 is 28.5 Å². The van der Waals surface area contributed by atoms with Crippen LogP contribution < -0.4 is 5.32 Å². The molecule has 29 heavy (non-hydrogen) atoms. The predicted molar refractivity (Wildman–Crippen MR) is 112 cm³/mol. The van der Waals surface area contributed by atoms with Crippen molar-refractivity contribution in [2.45, 2.75) is 24.2 Å². The Balaban J connectivity index is 1.61. The van der Waals surface area contributed by atoms with Crippen LogP contribution in [-0.4, -0.2) is 44.3 Å². The Hall–Kier alpha value is -2.23. The van der Waals surface area contributed by atoms with Gasteiger partial charge >= 0.3 is 5.97 Å². The molecule has 2 aromatic rings. The fourth-order valence-corrected chi connectivity index (χ4v) is 4.98. The summed E-state index contributed by atoms with van der Waals surface area (Å²) < 4.78 is 32.7. The van der Waals surface area contributed by atoms with Gasteiger partial charge < -0.3 is 10.1 Å². The van der Waals surface area contributed by atoms with Gasteiger partial charge in [-0.3, -0.25) is 4.79 Å². The van der Waals surface area contributed by atoms with Crippen molar-refractivity contribution in [3.63, 3.8) is 0 Å². The molecule has 3 rings (SSSR count). The summed E-state index contributed by atoms with van der Waals surface area (Å²) in [7, 11) is -3.59. The van der Waals surface area contributed by atoms with Gasteiger partial charge in [0, 0.05) is 23.2 Å². The summed E-state index contributed by atoms with van der Waals surface area (Å²) in [4.78, 5) is 24.3. The predicted octanol–water partition coefficient (Wildman–Crippen LogP) is 3.42. The standard InChI is InChI=1S/C20H21BrN2O5S/c21-16-7-4-6-15(12-16)20(25)28-14-19(24)22-17-8-5-9-18(13-17)29(26,27)23-10-2-1-3-11-23/h4-9,12-13H,1-3,10-11,14H2,(H,22,24). The summed E-state index contributed by atoms with van der Waals surface area (Å²) in [5, 5.41) is 2.57. The summed E-state index contributed by atoms with van der Waals surface area (Å²) >= 11 is 3.27. The van der Waals surface area contributed by atoms with Crippen molar-refractivity contribution in [1.82, 2.24) is 4.31 Å². The molecule has 1 fully saturated rings. The van der Waals surface area contributed by atoms with E-state index in [1.807, 2.05) is 0 Å². The third-order valence-electron chi connectivity index (χ3n) is 4.47. The molecule has 0 aromatic heterocycles. The van der Waals surface area contributed by atoms with E-state index in [0.717, 1.165) is 23.7 Å². The zero-order valence-electron chi connectivity index (χ0n) is 15.6. The number of amides is 1. The van der Waals surface area contributed by atoms with Crippen molar-refractivity contribution in [3.05, 3.63) is 58.6 Å². The Bertz CT molecular complexity index is 1000. The highest BCUT2D eigenvalue weighted by atomic mass is 79.9. The summed E-state index contributed by atoms with van der Waals surface area (Å²) in [5.41, 5.74) is 0.647. The van der Waals surface area contributed by atoms with Gasteiger partial charge in [-0.25, -0.2) is 13.2 Å². The van der Waals surface area contributed by atoms with Crippen molar-refractivity contribution in [2.24, 2.45) is 0 Å². The zero-order chi connectivity index (χ0) is 20.9. The van der Waals surface area contributed by atoms with E-state index in [-0.39, 0.29) is 4.90 Å². The van der Waals surface area contributed by atoms with Crippen LogP contribution in [0, 0.1) is 0 Å². The maximum Gasteiger partial charge on any atom is 0.338 e. The largest absolute Gasteiger partial charge is 0.452 e. The van der Waals surface area contributed by atoms with Crippen LogP contribution in [0.25, 0.3) is 0 Å². The highest BCUT2D eigenvalue weighted by molar-refractivity contribution is 9.10. The molecule has 154 valence electrons. The average Bonchev–Trinajstić information content (AvgIpc) is 2.73. The molecule has 0 radical (unpaired) electrons. The fraction of sp³-hybridized carbons (Fsp3) is 0.300. The van der Waals surface area contributed by atoms with Crippen LogP contribution in [0.5, 0.6) is 0 Å². The van der Waals surface area contributed by atoms with Gasteiger partial charge in [-0.05, 0) is 49.2 Å². The van der Waals surface area contributed by atoms with Gasteiger partial charge in [0.2, 0.25) is 10.0 Å². The van der Waals surface area contributed by atoms with Gasteiger partial charge in [-0.1, -0.05) is 34.5 Å². The Kier molecular flexibility index (Phi) is 7.05. The van der Waals surface area contributed by atoms with Crippen molar-refractivity contribution >= 4 is 43.5 Å². The van der Waals surface area contributed by atoms with Crippen molar-refractivity contribution in [3.8, 4) is 0 Å². The minimum atomic E-state index is -3.59. The lowest BCUT2D eigenvalue weighted by atomic mass is 10.2. The third kappa shape index (κ3) is 5.65. The molecule has 1 heterocycles. The van der Waals surface area contributed by atoms with Crippen LogP contribution >= 0.6 is 15.9 Å². The molecule has 0 atom stereocenters. The van der Waals surface area contributed by atoms with Gasteiger partial charge in [0.05, 0.1) is 10.5 Å². The van der Waals surface area contributed by atoms with Gasteiger partial charge in [0.15, 0.2) is 6.61 Å². The second-order valence-corrected chi connectivity index (χ2v) is 9.48. The highest BCUT2D eigenvalue weighted by Gasteiger charge is 2.26. The lowest BCUT2D eigenvalue weighted by Gasteiger charge is -2.26. The summed E-state index contributed by atoms with van der Waals surface area (Å²) in [6, 6.07) is 12.7. The van der Waals surface area contributed by atoms with Crippen LogP contribution in [0.3, 0.4) is 0 Å². The zero-order valence-corrected chi connectivity index (χ0v) is 18.0. The summed E-state index contributed by atoms with van der Waals surface area (Å²) in [5.74, 6) is -1.18. The monoisotopic (exact) mass is 480 g/mol. The maximum atomic E-state index is 12.8. The molecule has 1 aliphatic heterocycles. The molecule has 0 unspecified atom stereocenters. The molecule has 1 amide bonds. The topological polar surface area (TPSA) is 92.8 Å². The maximum absolute atomic E-state index is 12.8. The number of carbonyl (C=O) groups is 2. The van der Waals surface area contributed by atoms with E-state index in [1.165, 1.54) is 16.4 Å². The number of esters is 1. The molecule has 0 spiro atoms. The number of sulfonamides is 1. The van der Waals surface area contributed by atoms with E-state index in [4.69, 9.17) is 4.74 Å². The van der Waals surface area contributed by atoms with Crippen molar-refractivity contribution < 1.29 is 22.7 Å². The summed E-state index contributed by atoms with van der Waals surface area (Å²) in [6.07, 6.45) is 2.72. The van der Waals surface area contributed by atoms with Crippen molar-refractivity contribution in [2.75, 3.05) is 25.0 Å². The van der Waals surface area contributed by atoms with Crippen LogP contribution in [0.15, 0.2) is 57.9 Å². The average molecular weight is 481 g/mol. The normalized spacial score (nSPS) is 14.9. The molecule has 0 saturated carbocycles. The third-order valence-corrected chi connectivity index (χ3v) is 6.85. The van der Waals surface area contributed by atoms with E-state index in [1.54, 1.807) is 36.4 Å².